The third kappa shape index (κ3) is 7.36. The molecule has 0 spiro atoms. The lowest BCUT2D eigenvalue weighted by Gasteiger charge is -2.23. The van der Waals surface area contributed by atoms with Gasteiger partial charge in [0.2, 0.25) is 5.91 Å². The van der Waals surface area contributed by atoms with Crippen molar-refractivity contribution >= 4 is 40.5 Å². The van der Waals surface area contributed by atoms with Crippen molar-refractivity contribution in [2.75, 3.05) is 19.0 Å². The molecule has 0 bridgehead atoms. The van der Waals surface area contributed by atoms with E-state index >= 15 is 0 Å². The fourth-order valence-electron chi connectivity index (χ4n) is 1.16. The molecular weight excluding hydrogens is 293 g/mol. The highest BCUT2D eigenvalue weighted by Gasteiger charge is 2.19. The SMILES string of the molecule is CCO[P@](C)(=S)SCC(=O)N[C@@H](C(=O)[O-])C(C)C. The molecule has 0 rings (SSSR count). The van der Waals surface area contributed by atoms with Gasteiger partial charge in [0.1, 0.15) is 5.47 Å². The number of hydrogen-bond acceptors (Lipinski definition) is 6. The van der Waals surface area contributed by atoms with Crippen LogP contribution >= 0.6 is 16.8 Å². The zero-order chi connectivity index (χ0) is 14.3. The molecule has 1 N–H and O–H groups in total. The predicted molar refractivity (Wildman–Crippen MR) is 76.1 cm³/mol. The molecule has 0 aromatic carbocycles. The normalized spacial score (nSPS) is 16.1. The van der Waals surface area contributed by atoms with E-state index in [-0.39, 0.29) is 17.6 Å². The van der Waals surface area contributed by atoms with Gasteiger partial charge in [-0.25, -0.2) is 0 Å². The van der Waals surface area contributed by atoms with E-state index in [1.807, 2.05) is 6.92 Å². The van der Waals surface area contributed by atoms with Crippen LogP contribution in [-0.4, -0.2) is 36.9 Å². The first kappa shape index (κ1) is 17.9. The van der Waals surface area contributed by atoms with Crippen molar-refractivity contribution in [2.45, 2.75) is 26.8 Å². The van der Waals surface area contributed by atoms with Crippen molar-refractivity contribution in [3.63, 3.8) is 0 Å². The summed E-state index contributed by atoms with van der Waals surface area (Å²) in [5, 5.41) is 13.2. The molecular formula is C10H19NO4PS2-. The first-order valence-electron chi connectivity index (χ1n) is 5.56. The van der Waals surface area contributed by atoms with Gasteiger partial charge >= 0.3 is 0 Å². The van der Waals surface area contributed by atoms with E-state index in [2.05, 4.69) is 5.32 Å². The number of amides is 1. The Labute approximate surface area is 117 Å². The second kappa shape index (κ2) is 8.15. The van der Waals surface area contributed by atoms with E-state index < -0.39 is 17.5 Å². The minimum Gasteiger partial charge on any atom is -0.548 e. The van der Waals surface area contributed by atoms with Crippen LogP contribution in [0, 0.1) is 5.92 Å². The molecule has 106 valence electrons. The Morgan fingerprint density at radius 3 is 2.44 bits per heavy atom. The van der Waals surface area contributed by atoms with E-state index in [9.17, 15) is 14.7 Å². The number of carboxylic acid groups (broad SMARTS) is 1. The van der Waals surface area contributed by atoms with Crippen molar-refractivity contribution in [1.29, 1.82) is 0 Å². The molecule has 0 aliphatic carbocycles. The minimum absolute atomic E-state index is 0.101. The highest BCUT2D eigenvalue weighted by Crippen LogP contribution is 2.56. The van der Waals surface area contributed by atoms with E-state index in [0.717, 1.165) is 0 Å². The van der Waals surface area contributed by atoms with Gasteiger partial charge < -0.3 is 19.7 Å². The Hall–Kier alpha value is -0.100. The molecule has 0 aromatic heterocycles. The number of aliphatic carboxylic acids is 1. The van der Waals surface area contributed by atoms with Gasteiger partial charge in [-0.2, -0.15) is 0 Å². The zero-order valence-corrected chi connectivity index (χ0v) is 13.5. The van der Waals surface area contributed by atoms with Gasteiger partial charge in [-0.1, -0.05) is 37.0 Å². The van der Waals surface area contributed by atoms with E-state index in [1.54, 1.807) is 20.5 Å². The molecule has 0 aliphatic heterocycles. The number of carbonyl (C=O) groups excluding carboxylic acids is 2. The average molecular weight is 312 g/mol. The van der Waals surface area contributed by atoms with Gasteiger partial charge in [-0.05, 0) is 19.5 Å². The molecule has 5 nitrogen and oxygen atoms in total. The maximum atomic E-state index is 11.6. The van der Waals surface area contributed by atoms with Crippen LogP contribution in [0.1, 0.15) is 20.8 Å². The number of carbonyl (C=O) groups is 2. The van der Waals surface area contributed by atoms with Gasteiger partial charge in [0.05, 0.1) is 17.8 Å². The Balaban J connectivity index is 4.27. The summed E-state index contributed by atoms with van der Waals surface area (Å²) in [5.74, 6) is -1.76. The Morgan fingerprint density at radius 2 is 2.06 bits per heavy atom. The maximum Gasteiger partial charge on any atom is 0.230 e. The first-order chi connectivity index (χ1) is 8.19. The van der Waals surface area contributed by atoms with Crippen molar-refractivity contribution in [1.82, 2.24) is 5.32 Å². The van der Waals surface area contributed by atoms with Crippen molar-refractivity contribution in [3.8, 4) is 0 Å². The van der Waals surface area contributed by atoms with Crippen LogP contribution in [0.3, 0.4) is 0 Å². The summed E-state index contributed by atoms with van der Waals surface area (Å²) < 4.78 is 5.36. The number of rotatable bonds is 8. The molecule has 0 unspecified atom stereocenters. The van der Waals surface area contributed by atoms with E-state index in [1.165, 1.54) is 11.4 Å². The Bertz CT molecular complexity index is 349. The average Bonchev–Trinajstić information content (AvgIpc) is 2.22. The minimum atomic E-state index is -2.01. The number of nitrogens with one attached hydrogen (secondary N) is 1. The van der Waals surface area contributed by atoms with Crippen LogP contribution in [0.5, 0.6) is 0 Å². The van der Waals surface area contributed by atoms with Gasteiger partial charge in [0, 0.05) is 6.61 Å². The van der Waals surface area contributed by atoms with Crippen LogP contribution in [0.25, 0.3) is 0 Å². The number of carboxylic acids is 1. The monoisotopic (exact) mass is 312 g/mol. The fraction of sp³-hybridized carbons (Fsp3) is 0.800. The highest BCUT2D eigenvalue weighted by molar-refractivity contribution is 8.69. The number of hydrogen-bond donors (Lipinski definition) is 1. The van der Waals surface area contributed by atoms with Crippen LogP contribution < -0.4 is 10.4 Å². The quantitative estimate of drug-likeness (QED) is 0.661. The van der Waals surface area contributed by atoms with E-state index in [4.69, 9.17) is 16.3 Å². The molecule has 0 heterocycles. The topological polar surface area (TPSA) is 78.5 Å². The van der Waals surface area contributed by atoms with Crippen molar-refractivity contribution < 1.29 is 19.2 Å². The summed E-state index contributed by atoms with van der Waals surface area (Å²) >= 11 is 6.48. The lowest BCUT2D eigenvalue weighted by atomic mass is 10.1. The smallest absolute Gasteiger partial charge is 0.230 e. The molecule has 0 fully saturated rings. The van der Waals surface area contributed by atoms with Gasteiger partial charge in [-0.15, -0.1) is 0 Å². The van der Waals surface area contributed by atoms with Crippen molar-refractivity contribution in [3.05, 3.63) is 0 Å². The second-order valence-corrected chi connectivity index (χ2v) is 12.1. The summed E-state index contributed by atoms with van der Waals surface area (Å²) in [6.07, 6.45) is 0. The van der Waals surface area contributed by atoms with Crippen molar-refractivity contribution in [2.24, 2.45) is 5.92 Å². The van der Waals surface area contributed by atoms with Gasteiger partial charge in [0.15, 0.2) is 0 Å². The van der Waals surface area contributed by atoms with Gasteiger partial charge in [-0.3, -0.25) is 4.79 Å². The fourth-order valence-corrected chi connectivity index (χ4v) is 4.52. The van der Waals surface area contributed by atoms with E-state index in [0.29, 0.717) is 6.61 Å². The highest BCUT2D eigenvalue weighted by atomic mass is 32.9. The van der Waals surface area contributed by atoms with Crippen LogP contribution in [0.2, 0.25) is 0 Å². The lowest BCUT2D eigenvalue weighted by molar-refractivity contribution is -0.309. The molecule has 0 saturated heterocycles. The summed E-state index contributed by atoms with van der Waals surface area (Å²) in [6.45, 7) is 7.56. The third-order valence-electron chi connectivity index (χ3n) is 2.03. The summed E-state index contributed by atoms with van der Waals surface area (Å²) in [4.78, 5) is 22.4. The second-order valence-electron chi connectivity index (χ2n) is 4.07. The van der Waals surface area contributed by atoms with Crippen LogP contribution in [0.15, 0.2) is 0 Å². The molecule has 18 heavy (non-hydrogen) atoms. The van der Waals surface area contributed by atoms with Crippen LogP contribution in [0.4, 0.5) is 0 Å². The molecule has 2 atom stereocenters. The summed E-state index contributed by atoms with van der Waals surface area (Å²) in [5.41, 5.74) is -2.01. The molecule has 0 aliphatic rings. The Kier molecular flexibility index (Phi) is 8.10. The first-order valence-corrected chi connectivity index (χ1v) is 10.3. The van der Waals surface area contributed by atoms with Gasteiger partial charge in [0.25, 0.3) is 0 Å². The van der Waals surface area contributed by atoms with Crippen LogP contribution in [-0.2, 0) is 25.9 Å². The maximum absolute atomic E-state index is 11.6. The summed E-state index contributed by atoms with van der Waals surface area (Å²) in [7, 11) is 0. The molecule has 0 aromatic rings. The predicted octanol–water partition coefficient (Wildman–Crippen LogP) is 0.586. The third-order valence-corrected chi connectivity index (χ3v) is 6.99. The standard InChI is InChI=1S/C10H20NO4PS2/c1-5-15-16(4,17)18-6-8(12)11-9(7(2)3)10(13)14/h7,9H,5-6H2,1-4H3,(H,11,12)(H,13,14)/p-1/t9-,16-/m1/s1. The molecule has 8 heteroatoms. The molecule has 0 radical (unpaired) electrons. The molecule has 0 saturated carbocycles. The Morgan fingerprint density at radius 1 is 1.50 bits per heavy atom. The largest absolute Gasteiger partial charge is 0.548 e. The summed E-state index contributed by atoms with van der Waals surface area (Å²) in [6, 6.07) is -0.972. The zero-order valence-electron chi connectivity index (χ0n) is 11.0. The lowest BCUT2D eigenvalue weighted by Crippen LogP contribution is -2.51. The molecule has 1 amide bonds.